The van der Waals surface area contributed by atoms with E-state index in [1.807, 2.05) is 18.2 Å². The second-order valence-corrected chi connectivity index (χ2v) is 3.84. The van der Waals surface area contributed by atoms with Crippen LogP contribution in [0.25, 0.3) is 0 Å². The fraction of sp³-hybridized carbons (Fsp3) is 0.300. The first kappa shape index (κ1) is 10.5. The summed E-state index contributed by atoms with van der Waals surface area (Å²) < 4.78 is 6.26. The Labute approximate surface area is 91.4 Å². The number of carbonyl (C=O) groups is 1. The van der Waals surface area contributed by atoms with E-state index in [1.54, 1.807) is 7.11 Å². The fourth-order valence-corrected chi connectivity index (χ4v) is 1.64. The standard InChI is InChI=1S/C10H11IO2/c1-13-10-7-8(3-2-6-12)4-5-9(10)11/h4-7H,2-3H2,1H3. The first-order valence-corrected chi connectivity index (χ1v) is 5.12. The van der Waals surface area contributed by atoms with Crippen LogP contribution in [0.3, 0.4) is 0 Å². The highest BCUT2D eigenvalue weighted by Crippen LogP contribution is 2.22. The molecule has 1 aromatic carbocycles. The van der Waals surface area contributed by atoms with Gasteiger partial charge in [0.1, 0.15) is 12.0 Å². The van der Waals surface area contributed by atoms with Crippen molar-refractivity contribution >= 4 is 28.9 Å². The summed E-state index contributed by atoms with van der Waals surface area (Å²) in [6, 6.07) is 6.00. The van der Waals surface area contributed by atoms with Crippen molar-refractivity contribution in [1.82, 2.24) is 0 Å². The Kier molecular flexibility index (Phi) is 4.21. The van der Waals surface area contributed by atoms with Crippen molar-refractivity contribution in [2.75, 3.05) is 7.11 Å². The Morgan fingerprint density at radius 3 is 2.92 bits per heavy atom. The largest absolute Gasteiger partial charge is 0.496 e. The highest BCUT2D eigenvalue weighted by atomic mass is 127. The van der Waals surface area contributed by atoms with Gasteiger partial charge in [-0.25, -0.2) is 0 Å². The van der Waals surface area contributed by atoms with Crippen LogP contribution >= 0.6 is 22.6 Å². The lowest BCUT2D eigenvalue weighted by Crippen LogP contribution is -1.91. The van der Waals surface area contributed by atoms with Crippen molar-refractivity contribution in [3.63, 3.8) is 0 Å². The van der Waals surface area contributed by atoms with Crippen LogP contribution in [0.15, 0.2) is 18.2 Å². The number of rotatable bonds is 4. The third kappa shape index (κ3) is 2.99. The van der Waals surface area contributed by atoms with Crippen LogP contribution in [-0.4, -0.2) is 13.4 Å². The van der Waals surface area contributed by atoms with Gasteiger partial charge in [0.05, 0.1) is 10.7 Å². The molecule has 0 N–H and O–H groups in total. The van der Waals surface area contributed by atoms with Gasteiger partial charge in [-0.3, -0.25) is 0 Å². The van der Waals surface area contributed by atoms with Gasteiger partial charge >= 0.3 is 0 Å². The summed E-state index contributed by atoms with van der Waals surface area (Å²) in [4.78, 5) is 10.2. The maximum Gasteiger partial charge on any atom is 0.132 e. The molecule has 0 saturated carbocycles. The van der Waals surface area contributed by atoms with E-state index in [1.165, 1.54) is 0 Å². The smallest absolute Gasteiger partial charge is 0.132 e. The van der Waals surface area contributed by atoms with Crippen molar-refractivity contribution in [3.05, 3.63) is 27.3 Å². The Bertz CT molecular complexity index is 297. The maximum atomic E-state index is 10.2. The minimum atomic E-state index is 0.573. The van der Waals surface area contributed by atoms with Crippen molar-refractivity contribution in [2.45, 2.75) is 12.8 Å². The molecule has 70 valence electrons. The molecule has 0 unspecified atom stereocenters. The lowest BCUT2D eigenvalue weighted by molar-refractivity contribution is -0.107. The van der Waals surface area contributed by atoms with Gasteiger partial charge in [-0.15, -0.1) is 0 Å². The van der Waals surface area contributed by atoms with Gasteiger partial charge in [0.15, 0.2) is 0 Å². The molecule has 0 aromatic heterocycles. The molecule has 0 aliphatic heterocycles. The van der Waals surface area contributed by atoms with Gasteiger partial charge in [-0.1, -0.05) is 6.07 Å². The summed E-state index contributed by atoms with van der Waals surface area (Å²) >= 11 is 2.22. The van der Waals surface area contributed by atoms with Crippen molar-refractivity contribution in [1.29, 1.82) is 0 Å². The van der Waals surface area contributed by atoms with E-state index in [4.69, 9.17) is 4.74 Å². The average Bonchev–Trinajstić information content (AvgIpc) is 2.16. The summed E-state index contributed by atoms with van der Waals surface area (Å²) in [5.41, 5.74) is 1.14. The van der Waals surface area contributed by atoms with Crippen LogP contribution < -0.4 is 4.74 Å². The summed E-state index contributed by atoms with van der Waals surface area (Å²) in [6.45, 7) is 0. The molecule has 1 aromatic rings. The third-order valence-corrected chi connectivity index (χ3v) is 2.66. The van der Waals surface area contributed by atoms with E-state index >= 15 is 0 Å². The minimum absolute atomic E-state index is 0.573. The normalized spacial score (nSPS) is 9.69. The zero-order valence-electron chi connectivity index (χ0n) is 7.42. The monoisotopic (exact) mass is 290 g/mol. The first-order chi connectivity index (χ1) is 6.27. The topological polar surface area (TPSA) is 26.3 Å². The highest BCUT2D eigenvalue weighted by Gasteiger charge is 2.00. The van der Waals surface area contributed by atoms with Gasteiger partial charge in [0.2, 0.25) is 0 Å². The first-order valence-electron chi connectivity index (χ1n) is 4.04. The van der Waals surface area contributed by atoms with E-state index in [0.29, 0.717) is 6.42 Å². The summed E-state index contributed by atoms with van der Waals surface area (Å²) in [6.07, 6.45) is 2.30. The van der Waals surface area contributed by atoms with Crippen molar-refractivity contribution < 1.29 is 9.53 Å². The Balaban J connectivity index is 2.79. The number of hydrogen-bond donors (Lipinski definition) is 0. The molecule has 0 bridgehead atoms. The Morgan fingerprint density at radius 2 is 2.31 bits per heavy atom. The molecule has 0 aliphatic rings. The van der Waals surface area contributed by atoms with E-state index in [9.17, 15) is 4.79 Å². The van der Waals surface area contributed by atoms with Gasteiger partial charge in [0, 0.05) is 6.42 Å². The van der Waals surface area contributed by atoms with Gasteiger partial charge < -0.3 is 9.53 Å². The quantitative estimate of drug-likeness (QED) is 0.629. The van der Waals surface area contributed by atoms with Crippen molar-refractivity contribution in [2.24, 2.45) is 0 Å². The molecule has 0 aliphatic carbocycles. The lowest BCUT2D eigenvalue weighted by Gasteiger charge is -2.05. The second-order valence-electron chi connectivity index (χ2n) is 2.67. The summed E-state index contributed by atoms with van der Waals surface area (Å²) in [5, 5.41) is 0. The predicted octanol–water partition coefficient (Wildman–Crippen LogP) is 2.43. The fourth-order valence-electron chi connectivity index (χ4n) is 1.09. The number of aryl methyl sites for hydroxylation is 1. The summed E-state index contributed by atoms with van der Waals surface area (Å²) in [5.74, 6) is 0.879. The van der Waals surface area contributed by atoms with E-state index in [2.05, 4.69) is 22.6 Å². The van der Waals surface area contributed by atoms with Crippen LogP contribution in [0.5, 0.6) is 5.75 Å². The van der Waals surface area contributed by atoms with Crippen LogP contribution in [0.2, 0.25) is 0 Å². The number of ether oxygens (including phenoxy) is 1. The van der Waals surface area contributed by atoms with E-state index in [0.717, 1.165) is 27.6 Å². The second kappa shape index (κ2) is 5.21. The van der Waals surface area contributed by atoms with Gasteiger partial charge in [0.25, 0.3) is 0 Å². The van der Waals surface area contributed by atoms with E-state index in [-0.39, 0.29) is 0 Å². The molecule has 0 atom stereocenters. The van der Waals surface area contributed by atoms with Gasteiger partial charge in [-0.05, 0) is 46.7 Å². The van der Waals surface area contributed by atoms with Crippen LogP contribution in [-0.2, 0) is 11.2 Å². The molecule has 3 heteroatoms. The number of halogens is 1. The molecule has 0 amide bonds. The molecule has 0 spiro atoms. The number of carbonyl (C=O) groups excluding carboxylic acids is 1. The number of hydrogen-bond acceptors (Lipinski definition) is 2. The predicted molar refractivity (Wildman–Crippen MR) is 60.1 cm³/mol. The minimum Gasteiger partial charge on any atom is -0.496 e. The lowest BCUT2D eigenvalue weighted by atomic mass is 10.1. The number of aldehydes is 1. The molecular formula is C10H11IO2. The molecule has 13 heavy (non-hydrogen) atoms. The third-order valence-electron chi connectivity index (χ3n) is 1.77. The summed E-state index contributed by atoms with van der Waals surface area (Å²) in [7, 11) is 1.65. The van der Waals surface area contributed by atoms with Crippen LogP contribution in [0.1, 0.15) is 12.0 Å². The zero-order valence-corrected chi connectivity index (χ0v) is 9.58. The highest BCUT2D eigenvalue weighted by molar-refractivity contribution is 14.1. The molecule has 0 heterocycles. The van der Waals surface area contributed by atoms with Crippen LogP contribution in [0.4, 0.5) is 0 Å². The average molecular weight is 290 g/mol. The molecule has 0 radical (unpaired) electrons. The zero-order chi connectivity index (χ0) is 9.68. The van der Waals surface area contributed by atoms with Crippen LogP contribution in [0, 0.1) is 3.57 Å². The van der Waals surface area contributed by atoms with E-state index < -0.39 is 0 Å². The maximum absolute atomic E-state index is 10.2. The van der Waals surface area contributed by atoms with Gasteiger partial charge in [-0.2, -0.15) is 0 Å². The molecule has 1 rings (SSSR count). The molecule has 0 fully saturated rings. The van der Waals surface area contributed by atoms with Crippen molar-refractivity contribution in [3.8, 4) is 5.75 Å². The number of benzene rings is 1. The SMILES string of the molecule is COc1cc(CCC=O)ccc1I. The number of methoxy groups -OCH3 is 1. The Hall–Kier alpha value is -0.580. The molecule has 0 saturated heterocycles. The Morgan fingerprint density at radius 1 is 1.54 bits per heavy atom. The molecular weight excluding hydrogens is 279 g/mol. The molecule has 2 nitrogen and oxygen atoms in total.